The SMILES string of the molecule is COc1ccc2cc(F)ccc2c1Br. The second-order valence-corrected chi connectivity index (χ2v) is 3.74. The number of ether oxygens (including phenoxy) is 1. The summed E-state index contributed by atoms with van der Waals surface area (Å²) in [7, 11) is 1.61. The zero-order valence-electron chi connectivity index (χ0n) is 7.55. The molecular weight excluding hydrogens is 247 g/mol. The van der Waals surface area contributed by atoms with Crippen LogP contribution in [0.3, 0.4) is 0 Å². The van der Waals surface area contributed by atoms with Crippen molar-refractivity contribution < 1.29 is 9.13 Å². The Kier molecular flexibility index (Phi) is 2.42. The molecule has 2 aromatic rings. The molecule has 0 amide bonds. The molecule has 3 heteroatoms. The van der Waals surface area contributed by atoms with E-state index in [0.717, 1.165) is 21.0 Å². The first kappa shape index (κ1) is 9.46. The first-order valence-electron chi connectivity index (χ1n) is 4.14. The lowest BCUT2D eigenvalue weighted by atomic mass is 10.1. The van der Waals surface area contributed by atoms with Crippen LogP contribution in [0.1, 0.15) is 0 Å². The van der Waals surface area contributed by atoms with Gasteiger partial charge in [-0.15, -0.1) is 0 Å². The molecule has 2 aromatic carbocycles. The van der Waals surface area contributed by atoms with Crippen molar-refractivity contribution in [3.8, 4) is 5.75 Å². The largest absolute Gasteiger partial charge is 0.496 e. The van der Waals surface area contributed by atoms with E-state index in [1.165, 1.54) is 12.1 Å². The van der Waals surface area contributed by atoms with Gasteiger partial charge >= 0.3 is 0 Å². The summed E-state index contributed by atoms with van der Waals surface area (Å²) in [6.45, 7) is 0. The van der Waals surface area contributed by atoms with Crippen LogP contribution in [0.15, 0.2) is 34.8 Å². The van der Waals surface area contributed by atoms with E-state index in [4.69, 9.17) is 4.74 Å². The van der Waals surface area contributed by atoms with Gasteiger partial charge in [-0.2, -0.15) is 0 Å². The maximum Gasteiger partial charge on any atom is 0.133 e. The molecule has 0 N–H and O–H groups in total. The van der Waals surface area contributed by atoms with Crippen LogP contribution in [-0.2, 0) is 0 Å². The van der Waals surface area contributed by atoms with Gasteiger partial charge < -0.3 is 4.74 Å². The number of fused-ring (bicyclic) bond motifs is 1. The van der Waals surface area contributed by atoms with E-state index in [1.807, 2.05) is 12.1 Å². The van der Waals surface area contributed by atoms with Gasteiger partial charge in [0.05, 0.1) is 11.6 Å². The summed E-state index contributed by atoms with van der Waals surface area (Å²) in [5, 5.41) is 1.81. The van der Waals surface area contributed by atoms with Crippen LogP contribution >= 0.6 is 15.9 Å². The Morgan fingerprint density at radius 1 is 1.21 bits per heavy atom. The average Bonchev–Trinajstić information content (AvgIpc) is 2.18. The zero-order chi connectivity index (χ0) is 10.1. The van der Waals surface area contributed by atoms with Gasteiger partial charge in [-0.1, -0.05) is 12.1 Å². The van der Waals surface area contributed by atoms with Crippen molar-refractivity contribution in [2.45, 2.75) is 0 Å². The molecule has 0 radical (unpaired) electrons. The van der Waals surface area contributed by atoms with E-state index in [0.29, 0.717) is 0 Å². The molecule has 0 aromatic heterocycles. The van der Waals surface area contributed by atoms with Crippen molar-refractivity contribution in [3.63, 3.8) is 0 Å². The summed E-state index contributed by atoms with van der Waals surface area (Å²) in [5.74, 6) is 0.527. The number of methoxy groups -OCH3 is 1. The maximum atomic E-state index is 12.9. The highest BCUT2D eigenvalue weighted by Gasteiger charge is 2.05. The van der Waals surface area contributed by atoms with Crippen LogP contribution < -0.4 is 4.74 Å². The normalized spacial score (nSPS) is 10.5. The first-order valence-corrected chi connectivity index (χ1v) is 4.93. The molecule has 14 heavy (non-hydrogen) atoms. The van der Waals surface area contributed by atoms with Crippen LogP contribution in [-0.4, -0.2) is 7.11 Å². The van der Waals surface area contributed by atoms with Crippen molar-refractivity contribution in [1.29, 1.82) is 0 Å². The average molecular weight is 255 g/mol. The predicted molar refractivity (Wildman–Crippen MR) is 58.2 cm³/mol. The monoisotopic (exact) mass is 254 g/mol. The Morgan fingerprint density at radius 3 is 2.71 bits per heavy atom. The van der Waals surface area contributed by atoms with E-state index in [9.17, 15) is 4.39 Å². The summed E-state index contributed by atoms with van der Waals surface area (Å²) < 4.78 is 18.9. The molecule has 0 heterocycles. The molecule has 0 aliphatic carbocycles. The lowest BCUT2D eigenvalue weighted by Gasteiger charge is -2.06. The molecule has 0 saturated heterocycles. The molecular formula is C11H8BrFO. The van der Waals surface area contributed by atoms with Crippen LogP contribution in [0.25, 0.3) is 10.8 Å². The van der Waals surface area contributed by atoms with Crippen LogP contribution in [0.4, 0.5) is 4.39 Å². The molecule has 0 unspecified atom stereocenters. The fourth-order valence-corrected chi connectivity index (χ4v) is 2.06. The fourth-order valence-electron chi connectivity index (χ4n) is 1.40. The first-order chi connectivity index (χ1) is 6.72. The Hall–Kier alpha value is -1.09. The second-order valence-electron chi connectivity index (χ2n) is 2.95. The standard InChI is InChI=1S/C11H8BrFO/c1-14-10-5-2-7-6-8(13)3-4-9(7)11(10)12/h2-6H,1H3. The number of rotatable bonds is 1. The number of hydrogen-bond acceptors (Lipinski definition) is 1. The predicted octanol–water partition coefficient (Wildman–Crippen LogP) is 3.75. The molecule has 0 bridgehead atoms. The van der Waals surface area contributed by atoms with Crippen LogP contribution in [0.5, 0.6) is 5.75 Å². The van der Waals surface area contributed by atoms with Gasteiger partial charge in [-0.25, -0.2) is 4.39 Å². The molecule has 0 aliphatic rings. The third kappa shape index (κ3) is 1.48. The van der Waals surface area contributed by atoms with E-state index < -0.39 is 0 Å². The molecule has 1 nitrogen and oxygen atoms in total. The molecule has 0 spiro atoms. The molecule has 0 atom stereocenters. The Balaban J connectivity index is 2.77. The van der Waals surface area contributed by atoms with Gasteiger partial charge in [0.2, 0.25) is 0 Å². The highest BCUT2D eigenvalue weighted by atomic mass is 79.9. The summed E-state index contributed by atoms with van der Waals surface area (Å²) in [6.07, 6.45) is 0. The van der Waals surface area contributed by atoms with Gasteiger partial charge in [0.1, 0.15) is 11.6 Å². The van der Waals surface area contributed by atoms with Crippen LogP contribution in [0.2, 0.25) is 0 Å². The van der Waals surface area contributed by atoms with Crippen molar-refractivity contribution in [1.82, 2.24) is 0 Å². The summed E-state index contributed by atoms with van der Waals surface area (Å²) in [4.78, 5) is 0. The minimum Gasteiger partial charge on any atom is -0.496 e. The smallest absolute Gasteiger partial charge is 0.133 e. The molecule has 0 aliphatic heterocycles. The van der Waals surface area contributed by atoms with Crippen molar-refractivity contribution >= 4 is 26.7 Å². The maximum absolute atomic E-state index is 12.9. The van der Waals surface area contributed by atoms with Gasteiger partial charge in [0.15, 0.2) is 0 Å². The third-order valence-electron chi connectivity index (χ3n) is 2.10. The van der Waals surface area contributed by atoms with E-state index in [2.05, 4.69) is 15.9 Å². The summed E-state index contributed by atoms with van der Waals surface area (Å²) in [5.41, 5.74) is 0. The number of halogens is 2. The highest BCUT2D eigenvalue weighted by Crippen LogP contribution is 2.32. The third-order valence-corrected chi connectivity index (χ3v) is 2.92. The van der Waals surface area contributed by atoms with Gasteiger partial charge in [0, 0.05) is 0 Å². The van der Waals surface area contributed by atoms with Gasteiger partial charge in [0.25, 0.3) is 0 Å². The highest BCUT2D eigenvalue weighted by molar-refractivity contribution is 9.10. The van der Waals surface area contributed by atoms with E-state index in [1.54, 1.807) is 13.2 Å². The Morgan fingerprint density at radius 2 is 2.00 bits per heavy atom. The second kappa shape index (κ2) is 3.58. The van der Waals surface area contributed by atoms with Crippen molar-refractivity contribution in [2.24, 2.45) is 0 Å². The Labute approximate surface area is 89.6 Å². The molecule has 0 fully saturated rings. The fraction of sp³-hybridized carbons (Fsp3) is 0.0909. The molecule has 2 rings (SSSR count). The van der Waals surface area contributed by atoms with Crippen LogP contribution in [0, 0.1) is 5.82 Å². The minimum absolute atomic E-state index is 0.227. The number of hydrogen-bond donors (Lipinski definition) is 0. The van der Waals surface area contributed by atoms with Gasteiger partial charge in [-0.3, -0.25) is 0 Å². The van der Waals surface area contributed by atoms with E-state index in [-0.39, 0.29) is 5.82 Å². The van der Waals surface area contributed by atoms with Gasteiger partial charge in [-0.05, 0) is 44.9 Å². The summed E-state index contributed by atoms with van der Waals surface area (Å²) in [6, 6.07) is 8.32. The topological polar surface area (TPSA) is 9.23 Å². The lowest BCUT2D eigenvalue weighted by molar-refractivity contribution is 0.413. The van der Waals surface area contributed by atoms with Crippen molar-refractivity contribution in [3.05, 3.63) is 40.6 Å². The van der Waals surface area contributed by atoms with Crippen molar-refractivity contribution in [2.75, 3.05) is 7.11 Å². The summed E-state index contributed by atoms with van der Waals surface area (Å²) >= 11 is 3.42. The quantitative estimate of drug-likeness (QED) is 0.754. The minimum atomic E-state index is -0.227. The lowest BCUT2D eigenvalue weighted by Crippen LogP contribution is -1.85. The number of benzene rings is 2. The van der Waals surface area contributed by atoms with E-state index >= 15 is 0 Å². The molecule has 72 valence electrons. The Bertz CT molecular complexity index is 482. The zero-order valence-corrected chi connectivity index (χ0v) is 9.14. The molecule has 0 saturated carbocycles.